The molecule has 0 aliphatic carbocycles. The predicted octanol–water partition coefficient (Wildman–Crippen LogP) is -1.59. The molecule has 0 amide bonds. The molecule has 2 unspecified atom stereocenters. The molecule has 4 atom stereocenters. The lowest BCUT2D eigenvalue weighted by molar-refractivity contribution is -0.0912. The Kier molecular flexibility index (Phi) is 3.46. The van der Waals surface area contributed by atoms with E-state index in [1.807, 2.05) is 0 Å². The molecule has 3 heterocycles. The number of anilines is 1. The van der Waals surface area contributed by atoms with E-state index in [1.165, 1.54) is 17.2 Å². The molecule has 3 rings (SSSR count). The van der Waals surface area contributed by atoms with Gasteiger partial charge >= 0.3 is 0 Å². The quantitative estimate of drug-likeness (QED) is 0.487. The van der Waals surface area contributed by atoms with E-state index in [9.17, 15) is 15.3 Å². The molecule has 2 aromatic rings. The smallest absolute Gasteiger partial charge is 0.182 e. The van der Waals surface area contributed by atoms with Crippen LogP contribution < -0.4 is 5.73 Å². The van der Waals surface area contributed by atoms with E-state index < -0.39 is 30.6 Å². The Labute approximate surface area is 125 Å². The third kappa shape index (κ3) is 1.93. The first-order valence-electron chi connectivity index (χ1n) is 6.56. The summed E-state index contributed by atoms with van der Waals surface area (Å²) in [5.74, 6) is 5.40. The van der Waals surface area contributed by atoms with Gasteiger partial charge < -0.3 is 25.8 Å². The van der Waals surface area contributed by atoms with Gasteiger partial charge in [0.25, 0.3) is 0 Å². The van der Waals surface area contributed by atoms with E-state index in [4.69, 9.17) is 10.5 Å². The van der Waals surface area contributed by atoms with Crippen LogP contribution in [-0.4, -0.2) is 59.3 Å². The van der Waals surface area contributed by atoms with Gasteiger partial charge in [0, 0.05) is 0 Å². The first kappa shape index (κ1) is 14.7. The van der Waals surface area contributed by atoms with E-state index in [0.717, 1.165) is 0 Å². The Morgan fingerprint density at radius 2 is 2.18 bits per heavy atom. The zero-order chi connectivity index (χ0) is 15.9. The van der Waals surface area contributed by atoms with Crippen molar-refractivity contribution in [2.75, 3.05) is 12.3 Å². The topological polar surface area (TPSA) is 140 Å². The first-order valence-corrected chi connectivity index (χ1v) is 6.56. The first-order chi connectivity index (χ1) is 10.5. The van der Waals surface area contributed by atoms with Gasteiger partial charge in [-0.2, -0.15) is 0 Å². The van der Waals surface area contributed by atoms with Gasteiger partial charge in [-0.3, -0.25) is 4.57 Å². The Morgan fingerprint density at radius 3 is 2.86 bits per heavy atom. The van der Waals surface area contributed by atoms with Crippen LogP contribution in [0.4, 0.5) is 5.82 Å². The van der Waals surface area contributed by atoms with Crippen molar-refractivity contribution in [2.24, 2.45) is 0 Å². The fraction of sp³-hybridized carbons (Fsp3) is 0.462. The van der Waals surface area contributed by atoms with Gasteiger partial charge in [0.05, 0.1) is 12.9 Å². The zero-order valence-electron chi connectivity index (χ0n) is 11.7. The van der Waals surface area contributed by atoms with Crippen molar-refractivity contribution in [3.8, 4) is 11.8 Å². The highest BCUT2D eigenvalue weighted by atomic mass is 16.6. The maximum absolute atomic E-state index is 10.3. The SMILES string of the molecule is CC#C[C@]1(CO)O[C@@H](n2cnc3c(N)ncnc32)C(O)C1O. The van der Waals surface area contributed by atoms with Gasteiger partial charge in [0.15, 0.2) is 23.3 Å². The third-order valence-corrected chi connectivity index (χ3v) is 3.66. The number of hydrogen-bond donors (Lipinski definition) is 4. The fourth-order valence-corrected chi connectivity index (χ4v) is 2.55. The number of ether oxygens (including phenoxy) is 1. The van der Waals surface area contributed by atoms with Gasteiger partial charge in [0.1, 0.15) is 24.1 Å². The number of imidazole rings is 1. The largest absolute Gasteiger partial charge is 0.392 e. The molecular formula is C13H15N5O4. The number of hydrogen-bond acceptors (Lipinski definition) is 8. The lowest BCUT2D eigenvalue weighted by atomic mass is 9.97. The molecule has 1 saturated heterocycles. The van der Waals surface area contributed by atoms with Crippen LogP contribution in [0.3, 0.4) is 0 Å². The molecule has 0 saturated carbocycles. The Hall–Kier alpha value is -2.25. The van der Waals surface area contributed by atoms with Crippen LogP contribution in [0.2, 0.25) is 0 Å². The zero-order valence-corrected chi connectivity index (χ0v) is 11.7. The number of nitrogens with zero attached hydrogens (tertiary/aromatic N) is 4. The number of aromatic nitrogens is 4. The minimum Gasteiger partial charge on any atom is -0.392 e. The summed E-state index contributed by atoms with van der Waals surface area (Å²) >= 11 is 0. The fourth-order valence-electron chi connectivity index (χ4n) is 2.55. The van der Waals surface area contributed by atoms with E-state index in [1.54, 1.807) is 6.92 Å². The van der Waals surface area contributed by atoms with Crippen molar-refractivity contribution in [3.63, 3.8) is 0 Å². The second kappa shape index (κ2) is 5.19. The number of aliphatic hydroxyl groups is 3. The van der Waals surface area contributed by atoms with Crippen LogP contribution in [0.15, 0.2) is 12.7 Å². The van der Waals surface area contributed by atoms with Crippen molar-refractivity contribution < 1.29 is 20.1 Å². The summed E-state index contributed by atoms with van der Waals surface area (Å²) in [7, 11) is 0. The predicted molar refractivity (Wildman–Crippen MR) is 75.1 cm³/mol. The normalized spacial score (nSPS) is 31.2. The molecule has 1 aliphatic rings. The van der Waals surface area contributed by atoms with Gasteiger partial charge in [-0.05, 0) is 6.92 Å². The van der Waals surface area contributed by atoms with Crippen LogP contribution in [0.25, 0.3) is 11.2 Å². The number of fused-ring (bicyclic) bond motifs is 1. The standard InChI is InChI=1S/C13H15N5O4/c1-2-3-13(4-19)9(21)8(20)12(22-13)18-6-17-7-10(14)15-5-16-11(7)18/h5-6,8-9,12,19-21H,4H2,1H3,(H2,14,15,16)/t8?,9?,12-,13-/m1/s1. The molecular weight excluding hydrogens is 290 g/mol. The summed E-state index contributed by atoms with van der Waals surface area (Å²) in [4.78, 5) is 12.0. The summed E-state index contributed by atoms with van der Waals surface area (Å²) < 4.78 is 7.08. The van der Waals surface area contributed by atoms with Crippen molar-refractivity contribution in [3.05, 3.63) is 12.7 Å². The van der Waals surface area contributed by atoms with E-state index in [2.05, 4.69) is 26.8 Å². The third-order valence-electron chi connectivity index (χ3n) is 3.66. The highest BCUT2D eigenvalue weighted by Gasteiger charge is 2.54. The molecule has 9 nitrogen and oxygen atoms in total. The lowest BCUT2D eigenvalue weighted by Gasteiger charge is -2.23. The molecule has 0 bridgehead atoms. The highest BCUT2D eigenvalue weighted by Crippen LogP contribution is 2.38. The number of rotatable bonds is 2. The molecule has 0 aromatic carbocycles. The lowest BCUT2D eigenvalue weighted by Crippen LogP contribution is -2.45. The maximum Gasteiger partial charge on any atom is 0.182 e. The van der Waals surface area contributed by atoms with Gasteiger partial charge in [-0.1, -0.05) is 5.92 Å². The Balaban J connectivity index is 2.08. The average Bonchev–Trinajstić information content (AvgIpc) is 3.04. The average molecular weight is 305 g/mol. The van der Waals surface area contributed by atoms with Gasteiger partial charge in [-0.25, -0.2) is 15.0 Å². The summed E-state index contributed by atoms with van der Waals surface area (Å²) in [6.45, 7) is 0.986. The summed E-state index contributed by atoms with van der Waals surface area (Å²) in [5, 5.41) is 30.0. The second-order valence-corrected chi connectivity index (χ2v) is 4.95. The summed E-state index contributed by atoms with van der Waals surface area (Å²) in [6.07, 6.45) is -1.07. The van der Waals surface area contributed by atoms with Crippen LogP contribution in [0.5, 0.6) is 0 Å². The van der Waals surface area contributed by atoms with Crippen LogP contribution in [-0.2, 0) is 4.74 Å². The molecule has 0 radical (unpaired) electrons. The van der Waals surface area contributed by atoms with Crippen molar-refractivity contribution >= 4 is 17.0 Å². The number of nitrogen functional groups attached to an aromatic ring is 1. The van der Waals surface area contributed by atoms with E-state index in [-0.39, 0.29) is 5.82 Å². The van der Waals surface area contributed by atoms with Crippen LogP contribution in [0, 0.1) is 11.8 Å². The minimum atomic E-state index is -1.56. The molecule has 5 N–H and O–H groups in total. The molecule has 9 heteroatoms. The van der Waals surface area contributed by atoms with E-state index in [0.29, 0.717) is 11.2 Å². The minimum absolute atomic E-state index is 0.193. The molecule has 1 aliphatic heterocycles. The van der Waals surface area contributed by atoms with Crippen molar-refractivity contribution in [1.82, 2.24) is 19.5 Å². The number of nitrogens with two attached hydrogens (primary N) is 1. The molecule has 22 heavy (non-hydrogen) atoms. The monoisotopic (exact) mass is 305 g/mol. The molecule has 2 aromatic heterocycles. The molecule has 0 spiro atoms. The molecule has 116 valence electrons. The van der Waals surface area contributed by atoms with Crippen LogP contribution in [0.1, 0.15) is 13.2 Å². The van der Waals surface area contributed by atoms with Gasteiger partial charge in [0.2, 0.25) is 0 Å². The van der Waals surface area contributed by atoms with Crippen LogP contribution >= 0.6 is 0 Å². The Morgan fingerprint density at radius 1 is 1.41 bits per heavy atom. The highest BCUT2D eigenvalue weighted by molar-refractivity contribution is 5.81. The Bertz CT molecular complexity index is 767. The van der Waals surface area contributed by atoms with Crippen molar-refractivity contribution in [2.45, 2.75) is 31.0 Å². The summed E-state index contributed by atoms with van der Waals surface area (Å²) in [6, 6.07) is 0. The van der Waals surface area contributed by atoms with Gasteiger partial charge in [-0.15, -0.1) is 5.92 Å². The summed E-state index contributed by atoms with van der Waals surface area (Å²) in [5.41, 5.74) is 4.86. The van der Waals surface area contributed by atoms with Crippen molar-refractivity contribution in [1.29, 1.82) is 0 Å². The maximum atomic E-state index is 10.3. The number of aliphatic hydroxyl groups excluding tert-OH is 3. The molecule has 1 fully saturated rings. The van der Waals surface area contributed by atoms with E-state index >= 15 is 0 Å². The second-order valence-electron chi connectivity index (χ2n) is 4.95.